The van der Waals surface area contributed by atoms with E-state index in [9.17, 15) is 4.79 Å². The van der Waals surface area contributed by atoms with Crippen LogP contribution in [0, 0.1) is 13.8 Å². The van der Waals surface area contributed by atoms with Crippen LogP contribution in [0.3, 0.4) is 0 Å². The molecule has 0 bridgehead atoms. The van der Waals surface area contributed by atoms with Crippen molar-refractivity contribution in [3.63, 3.8) is 0 Å². The van der Waals surface area contributed by atoms with Gasteiger partial charge in [0.2, 0.25) is 5.91 Å². The number of aryl methyl sites for hydroxylation is 3. The maximum absolute atomic E-state index is 12.0. The molecule has 2 aromatic rings. The second-order valence-electron chi connectivity index (χ2n) is 5.55. The quantitative estimate of drug-likeness (QED) is 0.805. The van der Waals surface area contributed by atoms with Gasteiger partial charge in [-0.05, 0) is 43.4 Å². The maximum Gasteiger partial charge on any atom is 0.224 e. The zero-order chi connectivity index (χ0) is 15.1. The van der Waals surface area contributed by atoms with Gasteiger partial charge in [0.1, 0.15) is 0 Å². The molecule has 0 aliphatic rings. The van der Waals surface area contributed by atoms with E-state index in [0.717, 1.165) is 24.9 Å². The van der Waals surface area contributed by atoms with E-state index in [0.29, 0.717) is 6.42 Å². The summed E-state index contributed by atoms with van der Waals surface area (Å²) in [6, 6.07) is 16.6. The zero-order valence-corrected chi connectivity index (χ0v) is 12.9. The van der Waals surface area contributed by atoms with Crippen LogP contribution in [-0.2, 0) is 17.6 Å². The van der Waals surface area contributed by atoms with Crippen LogP contribution in [0.2, 0.25) is 0 Å². The fourth-order valence-electron chi connectivity index (χ4n) is 2.39. The first-order valence-electron chi connectivity index (χ1n) is 7.52. The van der Waals surface area contributed by atoms with E-state index in [1.54, 1.807) is 0 Å². The Morgan fingerprint density at radius 2 is 1.81 bits per heavy atom. The van der Waals surface area contributed by atoms with Gasteiger partial charge in [0, 0.05) is 6.54 Å². The lowest BCUT2D eigenvalue weighted by Crippen LogP contribution is -2.26. The molecule has 110 valence electrons. The van der Waals surface area contributed by atoms with Gasteiger partial charge in [0.25, 0.3) is 0 Å². The summed E-state index contributed by atoms with van der Waals surface area (Å²) < 4.78 is 0. The van der Waals surface area contributed by atoms with Gasteiger partial charge in [-0.1, -0.05) is 54.1 Å². The van der Waals surface area contributed by atoms with E-state index in [-0.39, 0.29) is 5.91 Å². The number of benzene rings is 2. The molecule has 0 spiro atoms. The normalized spacial score (nSPS) is 10.4. The van der Waals surface area contributed by atoms with E-state index in [4.69, 9.17) is 0 Å². The fourth-order valence-corrected chi connectivity index (χ4v) is 2.39. The lowest BCUT2D eigenvalue weighted by atomic mass is 10.0. The van der Waals surface area contributed by atoms with E-state index in [2.05, 4.69) is 61.6 Å². The third-order valence-electron chi connectivity index (χ3n) is 3.66. The van der Waals surface area contributed by atoms with Gasteiger partial charge in [-0.15, -0.1) is 0 Å². The summed E-state index contributed by atoms with van der Waals surface area (Å²) in [5.74, 6) is 0.108. The summed E-state index contributed by atoms with van der Waals surface area (Å²) >= 11 is 0. The molecule has 0 radical (unpaired) electrons. The summed E-state index contributed by atoms with van der Waals surface area (Å²) in [6.07, 6.45) is 2.45. The molecule has 0 atom stereocenters. The molecule has 0 fully saturated rings. The van der Waals surface area contributed by atoms with Gasteiger partial charge in [-0.3, -0.25) is 4.79 Å². The van der Waals surface area contributed by atoms with Crippen LogP contribution < -0.4 is 5.32 Å². The van der Waals surface area contributed by atoms with E-state index in [1.807, 2.05) is 6.07 Å². The van der Waals surface area contributed by atoms with Gasteiger partial charge in [-0.2, -0.15) is 0 Å². The van der Waals surface area contributed by atoms with Crippen molar-refractivity contribution in [3.05, 3.63) is 70.8 Å². The third kappa shape index (κ3) is 5.07. The van der Waals surface area contributed by atoms with E-state index < -0.39 is 0 Å². The number of hydrogen-bond donors (Lipinski definition) is 1. The molecule has 2 aromatic carbocycles. The Hall–Kier alpha value is -2.09. The fraction of sp³-hybridized carbons (Fsp3) is 0.316. The predicted octanol–water partition coefficient (Wildman–Crippen LogP) is 3.59. The largest absolute Gasteiger partial charge is 0.356 e. The molecular weight excluding hydrogens is 258 g/mol. The number of carbonyl (C=O) groups excluding carboxylic acids is 1. The molecule has 0 aliphatic heterocycles. The van der Waals surface area contributed by atoms with Crippen molar-refractivity contribution in [3.8, 4) is 0 Å². The highest BCUT2D eigenvalue weighted by atomic mass is 16.1. The standard InChI is InChI=1S/C19H23NO/c1-15-10-11-16(2)18(13-15)14-19(21)20-12-6-9-17-7-4-3-5-8-17/h3-5,7-8,10-11,13H,6,9,12,14H2,1-2H3,(H,20,21). The highest BCUT2D eigenvalue weighted by molar-refractivity contribution is 5.78. The highest BCUT2D eigenvalue weighted by Crippen LogP contribution is 2.11. The van der Waals surface area contributed by atoms with Crippen molar-refractivity contribution >= 4 is 5.91 Å². The van der Waals surface area contributed by atoms with Crippen LogP contribution in [0.25, 0.3) is 0 Å². The Morgan fingerprint density at radius 1 is 1.05 bits per heavy atom. The van der Waals surface area contributed by atoms with Crippen molar-refractivity contribution in [2.45, 2.75) is 33.1 Å². The van der Waals surface area contributed by atoms with Crippen molar-refractivity contribution in [2.75, 3.05) is 6.54 Å². The summed E-state index contributed by atoms with van der Waals surface area (Å²) in [6.45, 7) is 4.84. The lowest BCUT2D eigenvalue weighted by molar-refractivity contribution is -0.120. The maximum atomic E-state index is 12.0. The van der Waals surface area contributed by atoms with Gasteiger partial charge >= 0.3 is 0 Å². The molecule has 2 rings (SSSR count). The molecule has 21 heavy (non-hydrogen) atoms. The molecule has 2 nitrogen and oxygen atoms in total. The first-order chi connectivity index (χ1) is 10.1. The van der Waals surface area contributed by atoms with Crippen molar-refractivity contribution in [2.24, 2.45) is 0 Å². The topological polar surface area (TPSA) is 29.1 Å². The average Bonchev–Trinajstić information content (AvgIpc) is 2.48. The Labute approximate surface area is 127 Å². The highest BCUT2D eigenvalue weighted by Gasteiger charge is 2.05. The van der Waals surface area contributed by atoms with E-state index >= 15 is 0 Å². The molecule has 0 saturated heterocycles. The zero-order valence-electron chi connectivity index (χ0n) is 12.9. The minimum absolute atomic E-state index is 0.108. The predicted molar refractivity (Wildman–Crippen MR) is 87.4 cm³/mol. The molecule has 0 saturated carbocycles. The summed E-state index contributed by atoms with van der Waals surface area (Å²) in [4.78, 5) is 12.0. The summed E-state index contributed by atoms with van der Waals surface area (Å²) in [5.41, 5.74) is 4.82. The Kier molecular flexibility index (Phi) is 5.56. The van der Waals surface area contributed by atoms with Crippen LogP contribution >= 0.6 is 0 Å². The molecule has 1 N–H and O–H groups in total. The Balaban J connectivity index is 1.74. The van der Waals surface area contributed by atoms with Crippen LogP contribution in [0.5, 0.6) is 0 Å². The molecule has 0 aliphatic carbocycles. The van der Waals surface area contributed by atoms with Crippen LogP contribution in [-0.4, -0.2) is 12.5 Å². The molecule has 1 amide bonds. The smallest absolute Gasteiger partial charge is 0.224 e. The van der Waals surface area contributed by atoms with Gasteiger partial charge in [0.15, 0.2) is 0 Å². The second-order valence-corrected chi connectivity index (χ2v) is 5.55. The SMILES string of the molecule is Cc1ccc(C)c(CC(=O)NCCCc2ccccc2)c1. The Bertz CT molecular complexity index is 590. The van der Waals surface area contributed by atoms with Crippen LogP contribution in [0.4, 0.5) is 0 Å². The first kappa shape index (κ1) is 15.3. The summed E-state index contributed by atoms with van der Waals surface area (Å²) in [7, 11) is 0. The molecule has 0 unspecified atom stereocenters. The molecular formula is C19H23NO. The average molecular weight is 281 g/mol. The Morgan fingerprint density at radius 3 is 2.57 bits per heavy atom. The van der Waals surface area contributed by atoms with Gasteiger partial charge in [-0.25, -0.2) is 0 Å². The number of rotatable bonds is 6. The van der Waals surface area contributed by atoms with Crippen LogP contribution in [0.1, 0.15) is 28.7 Å². The molecule has 0 heterocycles. The van der Waals surface area contributed by atoms with E-state index in [1.165, 1.54) is 16.7 Å². The first-order valence-corrected chi connectivity index (χ1v) is 7.52. The van der Waals surface area contributed by atoms with Gasteiger partial charge in [0.05, 0.1) is 6.42 Å². The van der Waals surface area contributed by atoms with Crippen molar-refractivity contribution < 1.29 is 4.79 Å². The number of nitrogens with one attached hydrogen (secondary N) is 1. The molecule has 0 aromatic heterocycles. The monoisotopic (exact) mass is 281 g/mol. The second kappa shape index (κ2) is 7.63. The van der Waals surface area contributed by atoms with Gasteiger partial charge < -0.3 is 5.32 Å². The molecule has 2 heteroatoms. The third-order valence-corrected chi connectivity index (χ3v) is 3.66. The summed E-state index contributed by atoms with van der Waals surface area (Å²) in [5, 5.41) is 3.01. The minimum atomic E-state index is 0.108. The minimum Gasteiger partial charge on any atom is -0.356 e. The van der Waals surface area contributed by atoms with Crippen molar-refractivity contribution in [1.29, 1.82) is 0 Å². The number of carbonyl (C=O) groups is 1. The lowest BCUT2D eigenvalue weighted by Gasteiger charge is -2.08. The number of hydrogen-bond acceptors (Lipinski definition) is 1. The van der Waals surface area contributed by atoms with Crippen LogP contribution in [0.15, 0.2) is 48.5 Å². The number of amides is 1. The van der Waals surface area contributed by atoms with Crippen molar-refractivity contribution in [1.82, 2.24) is 5.32 Å².